The van der Waals surface area contributed by atoms with E-state index in [-0.39, 0.29) is 37.2 Å². The number of carbonyl (C=O) groups is 3. The van der Waals surface area contributed by atoms with Crippen LogP contribution in [0.15, 0.2) is 77.7 Å². The molecule has 0 bridgehead atoms. The van der Waals surface area contributed by atoms with Crippen LogP contribution in [0, 0.1) is 11.6 Å². The van der Waals surface area contributed by atoms with Crippen molar-refractivity contribution in [2.24, 2.45) is 5.73 Å². The number of pyridine rings is 1. The standard InChI is InChI=1S/C29H27F2N5O6/c30-19-11-10-18(21(31)14-19)16-42-24-8-3-5-17-13-20(33-26(17)24)15-36-12-4-7-23(28(36)39)34-27(38)22(35-29(40)41)6-1-2-9-25(32)37/h2-5,7-14,22,33,35H,1,6,15-16H2,(H2,32,37)(H,34,38)(H,40,41)/b9-2+. The minimum Gasteiger partial charge on any atom is -0.487 e. The maximum absolute atomic E-state index is 14.0. The lowest BCUT2D eigenvalue weighted by atomic mass is 10.1. The largest absolute Gasteiger partial charge is 0.487 e. The number of para-hydroxylation sites is 1. The molecule has 0 saturated carbocycles. The van der Waals surface area contributed by atoms with E-state index >= 15 is 0 Å². The van der Waals surface area contributed by atoms with Gasteiger partial charge in [-0.05, 0) is 55.3 Å². The summed E-state index contributed by atoms with van der Waals surface area (Å²) >= 11 is 0. The first-order valence-corrected chi connectivity index (χ1v) is 12.7. The van der Waals surface area contributed by atoms with Gasteiger partial charge in [-0.2, -0.15) is 0 Å². The summed E-state index contributed by atoms with van der Waals surface area (Å²) in [6.45, 7) is -0.0298. The predicted molar refractivity (Wildman–Crippen MR) is 150 cm³/mol. The van der Waals surface area contributed by atoms with Gasteiger partial charge in [0.1, 0.15) is 35.7 Å². The summed E-state index contributed by atoms with van der Waals surface area (Å²) in [6, 6.07) is 12.1. The van der Waals surface area contributed by atoms with Crippen LogP contribution in [-0.4, -0.2) is 38.6 Å². The van der Waals surface area contributed by atoms with Gasteiger partial charge in [0.05, 0.1) is 12.1 Å². The van der Waals surface area contributed by atoms with Gasteiger partial charge in [-0.1, -0.05) is 18.2 Å². The number of benzene rings is 2. The average Bonchev–Trinajstić information content (AvgIpc) is 3.35. The van der Waals surface area contributed by atoms with E-state index < -0.39 is 41.1 Å². The lowest BCUT2D eigenvalue weighted by Gasteiger charge is -2.16. The van der Waals surface area contributed by atoms with E-state index in [0.29, 0.717) is 17.0 Å². The number of aromatic amines is 1. The van der Waals surface area contributed by atoms with Crippen molar-refractivity contribution in [3.05, 3.63) is 106 Å². The number of amides is 3. The number of ether oxygens (including phenoxy) is 1. The number of hydrogen-bond acceptors (Lipinski definition) is 5. The highest BCUT2D eigenvalue weighted by Gasteiger charge is 2.21. The fourth-order valence-electron chi connectivity index (χ4n) is 4.23. The van der Waals surface area contributed by atoms with Gasteiger partial charge in [0.25, 0.3) is 5.56 Å². The third-order valence-corrected chi connectivity index (χ3v) is 6.21. The molecule has 3 amide bonds. The first kappa shape index (κ1) is 29.5. The lowest BCUT2D eigenvalue weighted by Crippen LogP contribution is -2.44. The van der Waals surface area contributed by atoms with Crippen LogP contribution in [0.1, 0.15) is 24.1 Å². The number of aromatic nitrogens is 2. The molecule has 4 aromatic rings. The second kappa shape index (κ2) is 13.3. The van der Waals surface area contributed by atoms with E-state index in [9.17, 15) is 28.0 Å². The molecule has 13 heteroatoms. The molecule has 2 heterocycles. The Hall–Kier alpha value is -5.46. The molecule has 0 radical (unpaired) electrons. The number of carboxylic acid groups (broad SMARTS) is 1. The fraction of sp³-hybridized carbons (Fsp3) is 0.172. The topological polar surface area (TPSA) is 169 Å². The van der Waals surface area contributed by atoms with Crippen LogP contribution in [0.2, 0.25) is 0 Å². The van der Waals surface area contributed by atoms with Crippen molar-refractivity contribution in [2.45, 2.75) is 32.0 Å². The molecule has 218 valence electrons. The summed E-state index contributed by atoms with van der Waals surface area (Å²) in [6.07, 6.45) is 2.83. The Bertz CT molecular complexity index is 1710. The van der Waals surface area contributed by atoms with Crippen LogP contribution in [0.4, 0.5) is 19.3 Å². The van der Waals surface area contributed by atoms with Crippen molar-refractivity contribution >= 4 is 34.5 Å². The van der Waals surface area contributed by atoms with Gasteiger partial charge in [0, 0.05) is 28.9 Å². The summed E-state index contributed by atoms with van der Waals surface area (Å²) in [4.78, 5) is 51.1. The lowest BCUT2D eigenvalue weighted by molar-refractivity contribution is -0.118. The van der Waals surface area contributed by atoms with E-state index in [1.165, 1.54) is 29.0 Å². The number of H-pyrrole nitrogens is 1. The molecule has 0 aliphatic rings. The maximum atomic E-state index is 14.0. The summed E-state index contributed by atoms with van der Waals surface area (Å²) in [7, 11) is 0. The molecule has 1 unspecified atom stereocenters. The number of fused-ring (bicyclic) bond motifs is 1. The number of halogens is 2. The molecule has 2 aromatic heterocycles. The zero-order chi connectivity index (χ0) is 30.2. The molecule has 42 heavy (non-hydrogen) atoms. The van der Waals surface area contributed by atoms with Gasteiger partial charge < -0.3 is 35.8 Å². The minimum absolute atomic E-state index is 0.0240. The minimum atomic E-state index is -1.43. The maximum Gasteiger partial charge on any atom is 0.405 e. The highest BCUT2D eigenvalue weighted by atomic mass is 19.1. The number of hydrogen-bond donors (Lipinski definition) is 5. The monoisotopic (exact) mass is 579 g/mol. The van der Waals surface area contributed by atoms with Gasteiger partial charge >= 0.3 is 6.09 Å². The number of nitrogens with one attached hydrogen (secondary N) is 3. The number of anilines is 1. The highest BCUT2D eigenvalue weighted by molar-refractivity contribution is 5.96. The SMILES string of the molecule is NC(=O)/C=C/CCC(NC(=O)O)C(=O)Nc1cccn(Cc2cc3cccc(OCc4ccc(F)cc4F)c3[nH]2)c1=O. The zero-order valence-electron chi connectivity index (χ0n) is 22.1. The average molecular weight is 580 g/mol. The Labute approximate surface area is 237 Å². The molecule has 6 N–H and O–H groups in total. The second-order valence-corrected chi connectivity index (χ2v) is 9.27. The molecule has 11 nitrogen and oxygen atoms in total. The first-order valence-electron chi connectivity index (χ1n) is 12.7. The normalized spacial score (nSPS) is 11.9. The molecule has 2 aromatic carbocycles. The number of primary amides is 1. The molecule has 1 atom stereocenters. The highest BCUT2D eigenvalue weighted by Crippen LogP contribution is 2.27. The Kier molecular flexibility index (Phi) is 9.32. The zero-order valence-corrected chi connectivity index (χ0v) is 22.1. The van der Waals surface area contributed by atoms with Gasteiger partial charge in [0.15, 0.2) is 0 Å². The Morgan fingerprint density at radius 1 is 1.12 bits per heavy atom. The first-order chi connectivity index (χ1) is 20.1. The molecular formula is C29H27F2N5O6. The van der Waals surface area contributed by atoms with Gasteiger partial charge in [-0.15, -0.1) is 0 Å². The molecule has 0 aliphatic carbocycles. The van der Waals surface area contributed by atoms with E-state index in [0.717, 1.165) is 23.6 Å². The molecule has 0 aliphatic heterocycles. The van der Waals surface area contributed by atoms with E-state index in [1.807, 2.05) is 12.1 Å². The van der Waals surface area contributed by atoms with Crippen LogP contribution in [-0.2, 0) is 22.7 Å². The van der Waals surface area contributed by atoms with Gasteiger partial charge in [-0.3, -0.25) is 14.4 Å². The van der Waals surface area contributed by atoms with Crippen molar-refractivity contribution < 1.29 is 33.0 Å². The van der Waals surface area contributed by atoms with Crippen LogP contribution in [0.25, 0.3) is 10.9 Å². The Morgan fingerprint density at radius 3 is 2.67 bits per heavy atom. The quantitative estimate of drug-likeness (QED) is 0.161. The number of nitrogens with zero attached hydrogens (tertiary/aromatic N) is 1. The summed E-state index contributed by atoms with van der Waals surface area (Å²) < 4.78 is 34.4. The van der Waals surface area contributed by atoms with E-state index in [1.54, 1.807) is 18.2 Å². The molecule has 0 spiro atoms. The number of nitrogens with two attached hydrogens (primary N) is 1. The van der Waals surface area contributed by atoms with Gasteiger partial charge in [0.2, 0.25) is 11.8 Å². The molecule has 0 saturated heterocycles. The van der Waals surface area contributed by atoms with Crippen molar-refractivity contribution in [1.29, 1.82) is 0 Å². The molecular weight excluding hydrogens is 552 g/mol. The third kappa shape index (κ3) is 7.59. The van der Waals surface area contributed by atoms with Crippen molar-refractivity contribution in [1.82, 2.24) is 14.9 Å². The molecule has 4 rings (SSSR count). The van der Waals surface area contributed by atoms with Crippen molar-refractivity contribution in [2.75, 3.05) is 5.32 Å². The second-order valence-electron chi connectivity index (χ2n) is 9.27. The van der Waals surface area contributed by atoms with Crippen LogP contribution < -0.4 is 26.7 Å². The van der Waals surface area contributed by atoms with Crippen molar-refractivity contribution in [3.63, 3.8) is 0 Å². The van der Waals surface area contributed by atoms with Crippen LogP contribution in [0.5, 0.6) is 5.75 Å². The Morgan fingerprint density at radius 2 is 1.93 bits per heavy atom. The molecule has 0 fully saturated rings. The predicted octanol–water partition coefficient (Wildman–Crippen LogP) is 3.63. The third-order valence-electron chi connectivity index (χ3n) is 6.21. The van der Waals surface area contributed by atoms with Crippen LogP contribution in [0.3, 0.4) is 0 Å². The number of rotatable bonds is 12. The smallest absolute Gasteiger partial charge is 0.405 e. The van der Waals surface area contributed by atoms with Crippen molar-refractivity contribution in [3.8, 4) is 5.75 Å². The summed E-state index contributed by atoms with van der Waals surface area (Å²) in [5, 5.41) is 14.4. The number of allylic oxidation sites excluding steroid dienone is 1. The van der Waals surface area contributed by atoms with Crippen LogP contribution >= 0.6 is 0 Å². The van der Waals surface area contributed by atoms with E-state index in [2.05, 4.69) is 15.6 Å². The summed E-state index contributed by atoms with van der Waals surface area (Å²) in [5.74, 6) is -2.39. The summed E-state index contributed by atoms with van der Waals surface area (Å²) in [5.41, 5.74) is 5.87. The Balaban J connectivity index is 1.48. The number of carbonyl (C=O) groups excluding carboxylic acids is 2. The van der Waals surface area contributed by atoms with E-state index in [4.69, 9.17) is 15.6 Å². The fourth-order valence-corrected chi connectivity index (χ4v) is 4.23. The van der Waals surface area contributed by atoms with Gasteiger partial charge in [-0.25, -0.2) is 13.6 Å².